The van der Waals surface area contributed by atoms with E-state index < -0.39 is 11.5 Å². The van der Waals surface area contributed by atoms with Crippen molar-refractivity contribution in [2.45, 2.75) is 58.0 Å². The van der Waals surface area contributed by atoms with Crippen LogP contribution in [0.25, 0.3) is 5.57 Å². The lowest BCUT2D eigenvalue weighted by Gasteiger charge is -2.29. The number of carbonyl (C=O) groups is 1. The molecule has 0 aliphatic heterocycles. The second kappa shape index (κ2) is 6.48. The van der Waals surface area contributed by atoms with Gasteiger partial charge in [-0.25, -0.2) is 0 Å². The average Bonchev–Trinajstić information content (AvgIpc) is 2.87. The standard InChI is InChI=1S/C20H26O3/c1-3-20(18(21)9-10-19(20)22)12-11-14-5-4-6-15-13-16(23-2)7-8-17(14)15/h7-8,11,13,18,21H,3-6,9-10,12H2,1-2H3/t18-,20+/m0/s1. The molecule has 23 heavy (non-hydrogen) atoms. The molecule has 1 aromatic carbocycles. The molecule has 0 unspecified atom stereocenters. The number of Topliss-reactive ketones (excluding diaryl/α,β-unsaturated/α-hetero) is 1. The Morgan fingerprint density at radius 3 is 2.83 bits per heavy atom. The van der Waals surface area contributed by atoms with E-state index in [2.05, 4.69) is 18.2 Å². The molecule has 2 aliphatic carbocycles. The Morgan fingerprint density at radius 1 is 1.35 bits per heavy atom. The molecule has 0 spiro atoms. The first-order valence-corrected chi connectivity index (χ1v) is 8.68. The highest BCUT2D eigenvalue weighted by molar-refractivity contribution is 5.88. The summed E-state index contributed by atoms with van der Waals surface area (Å²) >= 11 is 0. The van der Waals surface area contributed by atoms with Gasteiger partial charge in [-0.2, -0.15) is 0 Å². The first-order valence-electron chi connectivity index (χ1n) is 8.68. The van der Waals surface area contributed by atoms with Gasteiger partial charge in [-0.15, -0.1) is 0 Å². The zero-order valence-electron chi connectivity index (χ0n) is 14.1. The van der Waals surface area contributed by atoms with Crippen molar-refractivity contribution in [1.82, 2.24) is 0 Å². The number of ketones is 1. The van der Waals surface area contributed by atoms with E-state index in [1.54, 1.807) is 7.11 Å². The molecule has 1 fully saturated rings. The number of aliphatic hydroxyl groups excluding tert-OH is 1. The quantitative estimate of drug-likeness (QED) is 0.916. The molecule has 1 aromatic rings. The predicted octanol–water partition coefficient (Wildman–Crippen LogP) is 3.93. The lowest BCUT2D eigenvalue weighted by atomic mass is 9.76. The highest BCUT2D eigenvalue weighted by atomic mass is 16.5. The normalized spacial score (nSPS) is 28.9. The summed E-state index contributed by atoms with van der Waals surface area (Å²) in [5.74, 6) is 1.13. The number of benzene rings is 1. The number of ether oxygens (including phenoxy) is 1. The third-order valence-corrected chi connectivity index (χ3v) is 5.73. The molecule has 1 N–H and O–H groups in total. The smallest absolute Gasteiger partial charge is 0.142 e. The van der Waals surface area contributed by atoms with Crippen LogP contribution in [0.3, 0.4) is 0 Å². The number of hydrogen-bond acceptors (Lipinski definition) is 3. The number of methoxy groups -OCH3 is 1. The van der Waals surface area contributed by atoms with E-state index in [-0.39, 0.29) is 5.78 Å². The molecule has 1 saturated carbocycles. The Morgan fingerprint density at radius 2 is 2.17 bits per heavy atom. The van der Waals surface area contributed by atoms with Gasteiger partial charge in [0, 0.05) is 6.42 Å². The van der Waals surface area contributed by atoms with Gasteiger partial charge in [-0.1, -0.05) is 19.1 Å². The molecule has 2 atom stereocenters. The van der Waals surface area contributed by atoms with E-state index in [1.807, 2.05) is 13.0 Å². The second-order valence-corrected chi connectivity index (χ2v) is 6.80. The van der Waals surface area contributed by atoms with Crippen LogP contribution in [0.15, 0.2) is 24.3 Å². The van der Waals surface area contributed by atoms with Crippen molar-refractivity contribution < 1.29 is 14.6 Å². The molecular formula is C20H26O3. The van der Waals surface area contributed by atoms with Crippen molar-refractivity contribution >= 4 is 11.4 Å². The van der Waals surface area contributed by atoms with E-state index in [1.165, 1.54) is 16.7 Å². The van der Waals surface area contributed by atoms with Gasteiger partial charge >= 0.3 is 0 Å². The van der Waals surface area contributed by atoms with Crippen LogP contribution in [-0.4, -0.2) is 24.1 Å². The van der Waals surface area contributed by atoms with Gasteiger partial charge in [0.05, 0.1) is 18.6 Å². The number of aliphatic hydroxyl groups is 1. The third-order valence-electron chi connectivity index (χ3n) is 5.73. The van der Waals surface area contributed by atoms with Crippen molar-refractivity contribution in [2.24, 2.45) is 5.41 Å². The summed E-state index contributed by atoms with van der Waals surface area (Å²) in [6.07, 6.45) is 7.47. The van der Waals surface area contributed by atoms with Crippen LogP contribution in [0.1, 0.15) is 56.6 Å². The van der Waals surface area contributed by atoms with Gasteiger partial charge < -0.3 is 9.84 Å². The van der Waals surface area contributed by atoms with E-state index in [4.69, 9.17) is 4.74 Å². The van der Waals surface area contributed by atoms with Crippen LogP contribution in [0.2, 0.25) is 0 Å². The molecular weight excluding hydrogens is 288 g/mol. The lowest BCUT2D eigenvalue weighted by Crippen LogP contribution is -2.35. The Kier molecular flexibility index (Phi) is 4.58. The zero-order chi connectivity index (χ0) is 16.4. The fraction of sp³-hybridized carbons (Fsp3) is 0.550. The molecule has 0 aromatic heterocycles. The molecule has 124 valence electrons. The van der Waals surface area contributed by atoms with Crippen LogP contribution in [0.5, 0.6) is 5.75 Å². The molecule has 0 amide bonds. The number of rotatable bonds is 4. The fourth-order valence-electron chi connectivity index (χ4n) is 4.14. The topological polar surface area (TPSA) is 46.5 Å². The van der Waals surface area contributed by atoms with Crippen LogP contribution in [0.4, 0.5) is 0 Å². The Bertz CT molecular complexity index is 632. The minimum absolute atomic E-state index is 0.232. The number of fused-ring (bicyclic) bond motifs is 1. The van der Waals surface area contributed by atoms with Gasteiger partial charge in [-0.3, -0.25) is 4.79 Å². The van der Waals surface area contributed by atoms with Gasteiger partial charge in [0.15, 0.2) is 0 Å². The van der Waals surface area contributed by atoms with Crippen molar-refractivity contribution in [1.29, 1.82) is 0 Å². The van der Waals surface area contributed by atoms with E-state index >= 15 is 0 Å². The zero-order valence-corrected chi connectivity index (χ0v) is 14.1. The maximum absolute atomic E-state index is 12.3. The SMILES string of the molecule is CC[C@]1(CC=C2CCCc3cc(OC)ccc32)C(=O)CC[C@@H]1O. The van der Waals surface area contributed by atoms with Crippen molar-refractivity contribution in [3.05, 3.63) is 35.4 Å². The number of allylic oxidation sites excluding steroid dienone is 2. The van der Waals surface area contributed by atoms with Gasteiger partial charge in [0.25, 0.3) is 0 Å². The molecule has 0 bridgehead atoms. The van der Waals surface area contributed by atoms with Gasteiger partial charge in [-0.05, 0) is 67.4 Å². The van der Waals surface area contributed by atoms with Crippen LogP contribution >= 0.6 is 0 Å². The largest absolute Gasteiger partial charge is 0.497 e. The molecule has 0 heterocycles. The monoisotopic (exact) mass is 314 g/mol. The summed E-state index contributed by atoms with van der Waals surface area (Å²) in [5, 5.41) is 10.3. The first kappa shape index (κ1) is 16.3. The number of aryl methyl sites for hydroxylation is 1. The minimum Gasteiger partial charge on any atom is -0.497 e. The van der Waals surface area contributed by atoms with Crippen LogP contribution in [-0.2, 0) is 11.2 Å². The first-order chi connectivity index (χ1) is 11.1. The minimum atomic E-state index is -0.558. The fourth-order valence-corrected chi connectivity index (χ4v) is 4.14. The van der Waals surface area contributed by atoms with E-state index in [0.717, 1.165) is 25.0 Å². The Hall–Kier alpha value is -1.61. The summed E-state index contributed by atoms with van der Waals surface area (Å²) in [5.41, 5.74) is 3.36. The molecule has 3 nitrogen and oxygen atoms in total. The summed E-state index contributed by atoms with van der Waals surface area (Å²) in [4.78, 5) is 12.3. The number of carbonyl (C=O) groups excluding carboxylic acids is 1. The average molecular weight is 314 g/mol. The van der Waals surface area contributed by atoms with E-state index in [9.17, 15) is 9.90 Å². The highest BCUT2D eigenvalue weighted by Gasteiger charge is 2.46. The summed E-state index contributed by atoms with van der Waals surface area (Å²) < 4.78 is 5.32. The lowest BCUT2D eigenvalue weighted by molar-refractivity contribution is -0.129. The Balaban J connectivity index is 1.88. The van der Waals surface area contributed by atoms with Crippen molar-refractivity contribution in [3.63, 3.8) is 0 Å². The van der Waals surface area contributed by atoms with Gasteiger partial charge in [0.2, 0.25) is 0 Å². The maximum Gasteiger partial charge on any atom is 0.142 e. The molecule has 0 saturated heterocycles. The summed E-state index contributed by atoms with van der Waals surface area (Å²) in [6, 6.07) is 6.25. The number of hydrogen-bond donors (Lipinski definition) is 1. The van der Waals surface area contributed by atoms with Crippen molar-refractivity contribution in [2.75, 3.05) is 7.11 Å². The predicted molar refractivity (Wildman–Crippen MR) is 91.5 cm³/mol. The molecule has 0 radical (unpaired) electrons. The summed E-state index contributed by atoms with van der Waals surface area (Å²) in [6.45, 7) is 2.02. The van der Waals surface area contributed by atoms with E-state index in [0.29, 0.717) is 25.7 Å². The molecule has 3 rings (SSSR count). The van der Waals surface area contributed by atoms with Crippen LogP contribution in [0, 0.1) is 5.41 Å². The summed E-state index contributed by atoms with van der Waals surface area (Å²) in [7, 11) is 1.69. The molecule has 3 heteroatoms. The maximum atomic E-state index is 12.3. The van der Waals surface area contributed by atoms with Crippen molar-refractivity contribution in [3.8, 4) is 5.75 Å². The Labute approximate surface area is 138 Å². The van der Waals surface area contributed by atoms with Gasteiger partial charge in [0.1, 0.15) is 11.5 Å². The van der Waals surface area contributed by atoms with Crippen LogP contribution < -0.4 is 4.74 Å². The highest BCUT2D eigenvalue weighted by Crippen LogP contribution is 2.43. The third kappa shape index (κ3) is 2.83. The second-order valence-electron chi connectivity index (χ2n) is 6.80. The molecule has 2 aliphatic rings.